The Morgan fingerprint density at radius 2 is 2.04 bits per heavy atom. The van der Waals surface area contributed by atoms with Gasteiger partial charge < -0.3 is 24.3 Å². The first-order valence-electron chi connectivity index (χ1n) is 8.13. The summed E-state index contributed by atoms with van der Waals surface area (Å²) in [7, 11) is 0. The van der Waals surface area contributed by atoms with Crippen molar-refractivity contribution in [3.63, 3.8) is 0 Å². The summed E-state index contributed by atoms with van der Waals surface area (Å²) in [6.45, 7) is 0.0718. The molecule has 0 radical (unpaired) electrons. The van der Waals surface area contributed by atoms with Gasteiger partial charge in [-0.25, -0.2) is 0 Å². The van der Waals surface area contributed by atoms with Crippen molar-refractivity contribution in [3.8, 4) is 11.5 Å². The van der Waals surface area contributed by atoms with Crippen LogP contribution in [0.3, 0.4) is 0 Å². The zero-order chi connectivity index (χ0) is 18.0. The molecule has 134 valence electrons. The number of hydrogen-bond acceptors (Lipinski definition) is 6. The van der Waals surface area contributed by atoms with E-state index in [4.69, 9.17) is 13.9 Å². The molecule has 0 saturated heterocycles. The van der Waals surface area contributed by atoms with Crippen LogP contribution in [0.5, 0.6) is 11.5 Å². The van der Waals surface area contributed by atoms with Gasteiger partial charge in [0.05, 0.1) is 12.8 Å². The van der Waals surface area contributed by atoms with Gasteiger partial charge in [0.25, 0.3) is 5.91 Å². The van der Waals surface area contributed by atoms with Crippen LogP contribution in [0.2, 0.25) is 0 Å². The van der Waals surface area contributed by atoms with Gasteiger partial charge in [-0.05, 0) is 35.7 Å². The molecule has 26 heavy (non-hydrogen) atoms. The highest BCUT2D eigenvalue weighted by atomic mass is 32.1. The summed E-state index contributed by atoms with van der Waals surface area (Å²) >= 11 is 1.39. The summed E-state index contributed by atoms with van der Waals surface area (Å²) in [5, 5.41) is 15.8. The number of benzene rings is 1. The van der Waals surface area contributed by atoms with E-state index in [1.807, 2.05) is 23.6 Å². The van der Waals surface area contributed by atoms with Gasteiger partial charge in [-0.15, -0.1) is 11.3 Å². The van der Waals surface area contributed by atoms with Gasteiger partial charge in [-0.2, -0.15) is 0 Å². The fourth-order valence-corrected chi connectivity index (χ4v) is 3.63. The first-order valence-corrected chi connectivity index (χ1v) is 9.01. The molecule has 2 aromatic heterocycles. The lowest BCUT2D eigenvalue weighted by molar-refractivity contribution is -0.131. The lowest BCUT2D eigenvalue weighted by Crippen LogP contribution is -2.48. The monoisotopic (exact) mass is 371 g/mol. The largest absolute Gasteiger partial charge is 0.485 e. The van der Waals surface area contributed by atoms with E-state index in [0.29, 0.717) is 22.1 Å². The standard InChI is InChI=1S/C19H17NO5S/c21-18(15-11-24-13-5-1-2-6-14(13)25-15)20-12-19(22,16-7-3-9-23-16)17-8-4-10-26-17/h1-10,15,22H,11-12H2,(H,20,21). The second-order valence-electron chi connectivity index (χ2n) is 5.90. The van der Waals surface area contributed by atoms with Crippen molar-refractivity contribution in [1.82, 2.24) is 5.32 Å². The number of aliphatic hydroxyl groups is 1. The molecular formula is C19H17NO5S. The molecule has 0 saturated carbocycles. The third-order valence-electron chi connectivity index (χ3n) is 4.18. The molecule has 1 aromatic carbocycles. The molecule has 1 aliphatic rings. The fraction of sp³-hybridized carbons (Fsp3) is 0.211. The summed E-state index contributed by atoms with van der Waals surface area (Å²) in [6.07, 6.45) is 0.708. The number of ether oxygens (including phenoxy) is 2. The molecular weight excluding hydrogens is 354 g/mol. The summed E-state index contributed by atoms with van der Waals surface area (Å²) < 4.78 is 16.7. The Labute approximate surface area is 154 Å². The van der Waals surface area contributed by atoms with Crippen molar-refractivity contribution in [2.24, 2.45) is 0 Å². The highest BCUT2D eigenvalue weighted by molar-refractivity contribution is 7.10. The van der Waals surface area contributed by atoms with Crippen LogP contribution in [0.1, 0.15) is 10.6 Å². The minimum Gasteiger partial charge on any atom is -0.485 e. The molecule has 0 spiro atoms. The van der Waals surface area contributed by atoms with Crippen LogP contribution < -0.4 is 14.8 Å². The van der Waals surface area contributed by atoms with Gasteiger partial charge in [0, 0.05) is 4.88 Å². The van der Waals surface area contributed by atoms with Gasteiger partial charge in [0.1, 0.15) is 12.4 Å². The van der Waals surface area contributed by atoms with Gasteiger partial charge >= 0.3 is 0 Å². The van der Waals surface area contributed by atoms with Crippen molar-refractivity contribution in [2.45, 2.75) is 11.7 Å². The number of para-hydroxylation sites is 2. The molecule has 0 fully saturated rings. The maximum absolute atomic E-state index is 12.5. The number of nitrogens with one attached hydrogen (secondary N) is 1. The van der Waals surface area contributed by atoms with E-state index in [9.17, 15) is 9.90 Å². The second kappa shape index (κ2) is 6.86. The summed E-state index contributed by atoms with van der Waals surface area (Å²) in [5.74, 6) is 1.15. The average molecular weight is 371 g/mol. The number of carbonyl (C=O) groups is 1. The first kappa shape index (κ1) is 16.7. The lowest BCUT2D eigenvalue weighted by Gasteiger charge is -2.28. The van der Waals surface area contributed by atoms with Crippen LogP contribution in [0.4, 0.5) is 0 Å². The third kappa shape index (κ3) is 3.07. The van der Waals surface area contributed by atoms with Crippen molar-refractivity contribution >= 4 is 17.2 Å². The highest BCUT2D eigenvalue weighted by Crippen LogP contribution is 2.33. The van der Waals surface area contributed by atoms with Crippen LogP contribution >= 0.6 is 11.3 Å². The fourth-order valence-electron chi connectivity index (χ4n) is 2.80. The maximum atomic E-state index is 12.5. The number of rotatable bonds is 5. The number of thiophene rings is 1. The van der Waals surface area contributed by atoms with E-state index >= 15 is 0 Å². The maximum Gasteiger partial charge on any atom is 0.264 e. The first-order chi connectivity index (χ1) is 12.7. The lowest BCUT2D eigenvalue weighted by atomic mass is 9.98. The molecule has 7 heteroatoms. The predicted molar refractivity (Wildman–Crippen MR) is 95.4 cm³/mol. The molecule has 0 bridgehead atoms. The highest BCUT2D eigenvalue weighted by Gasteiger charge is 2.37. The van der Waals surface area contributed by atoms with E-state index < -0.39 is 11.7 Å². The van der Waals surface area contributed by atoms with Gasteiger partial charge in [0.15, 0.2) is 17.1 Å². The molecule has 2 N–H and O–H groups in total. The number of hydrogen-bond donors (Lipinski definition) is 2. The normalized spacial score (nSPS) is 18.1. The molecule has 2 atom stereocenters. The van der Waals surface area contributed by atoms with Crippen LogP contribution in [0.25, 0.3) is 0 Å². The summed E-state index contributed by atoms with van der Waals surface area (Å²) in [5.41, 5.74) is -1.44. The Balaban J connectivity index is 1.48. The quantitative estimate of drug-likeness (QED) is 0.720. The number of fused-ring (bicyclic) bond motifs is 1. The smallest absolute Gasteiger partial charge is 0.264 e. The van der Waals surface area contributed by atoms with E-state index in [-0.39, 0.29) is 19.1 Å². The number of furan rings is 1. The molecule has 3 aromatic rings. The average Bonchev–Trinajstić information content (AvgIpc) is 3.39. The van der Waals surface area contributed by atoms with Crippen LogP contribution in [-0.4, -0.2) is 30.3 Å². The molecule has 6 nitrogen and oxygen atoms in total. The summed E-state index contributed by atoms with van der Waals surface area (Å²) in [4.78, 5) is 13.2. The zero-order valence-corrected chi connectivity index (χ0v) is 14.6. The molecule has 3 heterocycles. The Morgan fingerprint density at radius 1 is 1.19 bits per heavy atom. The molecule has 4 rings (SSSR count). The Kier molecular flexibility index (Phi) is 4.40. The van der Waals surface area contributed by atoms with Gasteiger partial charge in [-0.1, -0.05) is 18.2 Å². The summed E-state index contributed by atoms with van der Waals surface area (Å²) in [6, 6.07) is 14.2. The van der Waals surface area contributed by atoms with E-state index in [1.54, 1.807) is 30.3 Å². The third-order valence-corrected chi connectivity index (χ3v) is 5.20. The van der Waals surface area contributed by atoms with E-state index in [2.05, 4.69) is 5.32 Å². The van der Waals surface area contributed by atoms with Crippen molar-refractivity contribution in [1.29, 1.82) is 0 Å². The Hall–Kier alpha value is -2.77. The zero-order valence-electron chi connectivity index (χ0n) is 13.8. The minimum absolute atomic E-state index is 0.0403. The Bertz CT molecular complexity index is 841. The second-order valence-corrected chi connectivity index (χ2v) is 6.84. The van der Waals surface area contributed by atoms with Gasteiger partial charge in [-0.3, -0.25) is 4.79 Å². The van der Waals surface area contributed by atoms with E-state index in [0.717, 1.165) is 0 Å². The van der Waals surface area contributed by atoms with E-state index in [1.165, 1.54) is 17.6 Å². The topological polar surface area (TPSA) is 80.9 Å². The predicted octanol–water partition coefficient (Wildman–Crippen LogP) is 2.53. The van der Waals surface area contributed by atoms with Crippen LogP contribution in [-0.2, 0) is 10.4 Å². The van der Waals surface area contributed by atoms with Crippen LogP contribution in [0.15, 0.2) is 64.6 Å². The van der Waals surface area contributed by atoms with Crippen LogP contribution in [0, 0.1) is 0 Å². The molecule has 2 unspecified atom stereocenters. The van der Waals surface area contributed by atoms with Crippen molar-refractivity contribution in [2.75, 3.05) is 13.2 Å². The van der Waals surface area contributed by atoms with Crippen molar-refractivity contribution in [3.05, 3.63) is 70.8 Å². The van der Waals surface area contributed by atoms with Crippen molar-refractivity contribution < 1.29 is 23.8 Å². The Morgan fingerprint density at radius 3 is 2.77 bits per heavy atom. The molecule has 1 aliphatic heterocycles. The number of carbonyl (C=O) groups excluding carboxylic acids is 1. The molecule has 0 aliphatic carbocycles. The molecule has 1 amide bonds. The van der Waals surface area contributed by atoms with Gasteiger partial charge in [0.2, 0.25) is 6.10 Å². The SMILES string of the molecule is O=C(NCC(O)(c1ccco1)c1cccs1)C1COc2ccccc2O1. The number of amides is 1. The minimum atomic E-state index is -1.44.